The molecule has 0 aromatic rings. The van der Waals surface area contributed by atoms with Crippen molar-refractivity contribution in [1.29, 1.82) is 0 Å². The Morgan fingerprint density at radius 2 is 0.684 bits per heavy atom. The summed E-state index contributed by atoms with van der Waals surface area (Å²) in [5, 5.41) is 0. The maximum absolute atomic E-state index is 2.35. The van der Waals surface area contributed by atoms with Gasteiger partial charge in [0, 0.05) is 0 Å². The third-order valence-corrected chi connectivity index (χ3v) is 5.56. The first-order valence-corrected chi connectivity index (χ1v) is 7.92. The van der Waals surface area contributed by atoms with Crippen LogP contribution in [0.2, 0.25) is 0 Å². The second-order valence-electron chi connectivity index (χ2n) is 5.79. The van der Waals surface area contributed by atoms with Crippen LogP contribution in [0.25, 0.3) is 0 Å². The zero-order valence-corrected chi connectivity index (χ0v) is 13.9. The normalized spacial score (nSPS) is 10.7. The van der Waals surface area contributed by atoms with Gasteiger partial charge in [0.15, 0.2) is 0 Å². The van der Waals surface area contributed by atoms with E-state index in [0.29, 0.717) is 10.8 Å². The smallest absolute Gasteiger partial charge is 0.0308 e. The lowest BCUT2D eigenvalue weighted by atomic mass is 9.78. The molecule has 0 bridgehead atoms. The zero-order valence-electron chi connectivity index (χ0n) is 13.9. The van der Waals surface area contributed by atoms with Gasteiger partial charge in [-0.25, -0.2) is 0 Å². The molecule has 19 heavy (non-hydrogen) atoms. The zero-order chi connectivity index (χ0) is 13.9. The summed E-state index contributed by atoms with van der Waals surface area (Å²) in [6.07, 6.45) is 9.33. The fourth-order valence-electron chi connectivity index (χ4n) is 2.25. The molecule has 0 heterocycles. The molecule has 0 aliphatic heterocycles. The Bertz CT molecular complexity index is 124. The molecule has 0 saturated carbocycles. The molecule has 0 amide bonds. The van der Waals surface area contributed by atoms with Crippen LogP contribution in [0.15, 0.2) is 0 Å². The van der Waals surface area contributed by atoms with Gasteiger partial charge >= 0.3 is 0 Å². The first-order chi connectivity index (χ1) is 7.92. The van der Waals surface area contributed by atoms with Crippen LogP contribution < -0.4 is 0 Å². The fraction of sp³-hybridized carbons (Fsp3) is 1.00. The first-order valence-electron chi connectivity index (χ1n) is 7.92. The molecule has 0 aliphatic rings. The van der Waals surface area contributed by atoms with Crippen molar-refractivity contribution in [1.82, 2.24) is 0 Å². The summed E-state index contributed by atoms with van der Waals surface area (Å²) in [5.41, 5.74) is 1.29. The van der Waals surface area contributed by atoms with Gasteiger partial charge in [0.05, 0.1) is 0 Å². The van der Waals surface area contributed by atoms with Gasteiger partial charge < -0.3 is 0 Å². The van der Waals surface area contributed by atoms with Gasteiger partial charge in [0.25, 0.3) is 0 Å². The fourth-order valence-corrected chi connectivity index (χ4v) is 2.25. The van der Waals surface area contributed by atoms with Crippen LogP contribution in [0.4, 0.5) is 0 Å². The molecular formula is C19H46. The number of hydrogen-bond acceptors (Lipinski definition) is 0. The second kappa shape index (κ2) is 14.4. The van der Waals surface area contributed by atoms with Gasteiger partial charge in [-0.3, -0.25) is 0 Å². The lowest BCUT2D eigenvalue weighted by molar-refractivity contribution is 0.240. The molecule has 122 valence electrons. The monoisotopic (exact) mass is 274 g/mol. The van der Waals surface area contributed by atoms with Gasteiger partial charge in [-0.2, -0.15) is 0 Å². The molecule has 0 aromatic carbocycles. The quantitative estimate of drug-likeness (QED) is 0.440. The summed E-state index contributed by atoms with van der Waals surface area (Å²) in [6.45, 7) is 18.4. The minimum atomic E-state index is 0. The predicted molar refractivity (Wildman–Crippen MR) is 96.0 cm³/mol. The predicted octanol–water partition coefficient (Wildman–Crippen LogP) is 8.11. The topological polar surface area (TPSA) is 0 Å². The van der Waals surface area contributed by atoms with Gasteiger partial charge in [-0.15, -0.1) is 0 Å². The van der Waals surface area contributed by atoms with E-state index >= 15 is 0 Å². The second-order valence-corrected chi connectivity index (χ2v) is 5.79. The molecule has 0 heteroatoms. The summed E-state index contributed by atoms with van der Waals surface area (Å²) in [4.78, 5) is 0. The standard InChI is InChI=1S/C9H20.C8H18.2CH4/c1-5-9(6-2,7-3)8-4;1-5-8(4,6-2)7-3;;/h5-8H2,1-4H3;5-7H2,1-4H3;2*1H4. The Labute approximate surface area is 126 Å². The minimum Gasteiger partial charge on any atom is -0.0776 e. The van der Waals surface area contributed by atoms with Crippen LogP contribution in [-0.2, 0) is 0 Å². The summed E-state index contributed by atoms with van der Waals surface area (Å²) < 4.78 is 0. The Hall–Kier alpha value is 0. The average molecular weight is 275 g/mol. The van der Waals surface area contributed by atoms with Crippen LogP contribution in [0.5, 0.6) is 0 Å². The molecule has 0 unspecified atom stereocenters. The Morgan fingerprint density at radius 1 is 0.474 bits per heavy atom. The Morgan fingerprint density at radius 3 is 0.684 bits per heavy atom. The molecule has 0 aliphatic carbocycles. The van der Waals surface area contributed by atoms with E-state index in [1.807, 2.05) is 0 Å². The highest BCUT2D eigenvalue weighted by Crippen LogP contribution is 2.33. The van der Waals surface area contributed by atoms with Gasteiger partial charge in [-0.1, -0.05) is 115 Å². The van der Waals surface area contributed by atoms with Crippen LogP contribution in [0.3, 0.4) is 0 Å². The van der Waals surface area contributed by atoms with E-state index in [1.165, 1.54) is 44.9 Å². The third-order valence-electron chi connectivity index (χ3n) is 5.56. The van der Waals surface area contributed by atoms with E-state index in [-0.39, 0.29) is 14.9 Å². The largest absolute Gasteiger partial charge is 0.0776 e. The molecule has 0 radical (unpaired) electrons. The molecule has 0 fully saturated rings. The highest BCUT2D eigenvalue weighted by molar-refractivity contribution is 4.72. The van der Waals surface area contributed by atoms with Crippen molar-refractivity contribution < 1.29 is 0 Å². The van der Waals surface area contributed by atoms with Gasteiger partial charge in [0.2, 0.25) is 0 Å². The Kier molecular flexibility index (Phi) is 20.8. The number of hydrogen-bond donors (Lipinski definition) is 0. The van der Waals surface area contributed by atoms with Crippen molar-refractivity contribution in [2.45, 2.75) is 115 Å². The van der Waals surface area contributed by atoms with Gasteiger partial charge in [0.1, 0.15) is 0 Å². The van der Waals surface area contributed by atoms with Crippen LogP contribution in [-0.4, -0.2) is 0 Å². The average Bonchev–Trinajstić information content (AvgIpc) is 2.42. The molecule has 0 atom stereocenters. The van der Waals surface area contributed by atoms with E-state index in [9.17, 15) is 0 Å². The van der Waals surface area contributed by atoms with E-state index in [0.717, 1.165) is 0 Å². The van der Waals surface area contributed by atoms with Gasteiger partial charge in [-0.05, 0) is 10.8 Å². The molecule has 0 N–H and O–H groups in total. The molecule has 0 rings (SSSR count). The first kappa shape index (κ1) is 27.4. The summed E-state index contributed by atoms with van der Waals surface area (Å²) in [5.74, 6) is 0. The molecule has 0 saturated heterocycles. The lowest BCUT2D eigenvalue weighted by Crippen LogP contribution is -2.15. The van der Waals surface area contributed by atoms with Crippen molar-refractivity contribution in [2.24, 2.45) is 10.8 Å². The SMILES string of the molecule is C.C.CCC(C)(CC)CC.CCC(CC)(CC)CC. The highest BCUT2D eigenvalue weighted by atomic mass is 14.3. The summed E-state index contributed by atoms with van der Waals surface area (Å²) in [6, 6.07) is 0. The molecule has 0 spiro atoms. The third kappa shape index (κ3) is 10.4. The van der Waals surface area contributed by atoms with E-state index < -0.39 is 0 Å². The van der Waals surface area contributed by atoms with Crippen LogP contribution in [0, 0.1) is 10.8 Å². The molecule has 0 aromatic heterocycles. The van der Waals surface area contributed by atoms with Crippen LogP contribution >= 0.6 is 0 Å². The van der Waals surface area contributed by atoms with E-state index in [4.69, 9.17) is 0 Å². The van der Waals surface area contributed by atoms with Crippen molar-refractivity contribution in [3.63, 3.8) is 0 Å². The van der Waals surface area contributed by atoms with E-state index in [2.05, 4.69) is 55.4 Å². The van der Waals surface area contributed by atoms with Crippen molar-refractivity contribution in [2.75, 3.05) is 0 Å². The Balaban J connectivity index is -0.000000108. The van der Waals surface area contributed by atoms with Crippen LogP contribution in [0.1, 0.15) is 115 Å². The maximum Gasteiger partial charge on any atom is -0.0308 e. The highest BCUT2D eigenvalue weighted by Gasteiger charge is 2.20. The summed E-state index contributed by atoms with van der Waals surface area (Å²) in [7, 11) is 0. The maximum atomic E-state index is 2.35. The van der Waals surface area contributed by atoms with Crippen molar-refractivity contribution in [3.05, 3.63) is 0 Å². The summed E-state index contributed by atoms with van der Waals surface area (Å²) >= 11 is 0. The lowest BCUT2D eigenvalue weighted by Gasteiger charge is -2.28. The van der Waals surface area contributed by atoms with Crippen molar-refractivity contribution in [3.8, 4) is 0 Å². The molecular weight excluding hydrogens is 228 g/mol. The molecule has 0 nitrogen and oxygen atoms in total. The minimum absolute atomic E-state index is 0. The van der Waals surface area contributed by atoms with E-state index in [1.54, 1.807) is 0 Å². The van der Waals surface area contributed by atoms with Crippen molar-refractivity contribution >= 4 is 0 Å². The number of rotatable bonds is 7.